The van der Waals surface area contributed by atoms with E-state index in [1.54, 1.807) is 7.05 Å². The van der Waals surface area contributed by atoms with Crippen LogP contribution in [0.3, 0.4) is 0 Å². The lowest BCUT2D eigenvalue weighted by Crippen LogP contribution is -2.39. The van der Waals surface area contributed by atoms with Gasteiger partial charge in [0.2, 0.25) is 11.8 Å². The Bertz CT molecular complexity index is 1480. The van der Waals surface area contributed by atoms with Crippen LogP contribution in [-0.2, 0) is 20.1 Å². The molecule has 0 atom stereocenters. The van der Waals surface area contributed by atoms with Crippen LogP contribution in [0.15, 0.2) is 72.8 Å². The van der Waals surface area contributed by atoms with Crippen molar-refractivity contribution in [3.63, 3.8) is 0 Å². The van der Waals surface area contributed by atoms with Crippen molar-refractivity contribution in [2.24, 2.45) is 7.05 Å². The molecule has 37 heavy (non-hydrogen) atoms. The maximum absolute atomic E-state index is 13.4. The highest BCUT2D eigenvalue weighted by molar-refractivity contribution is 5.78. The van der Waals surface area contributed by atoms with Crippen LogP contribution in [0.2, 0.25) is 0 Å². The zero-order valence-electron chi connectivity index (χ0n) is 20.8. The second-order valence-corrected chi connectivity index (χ2v) is 9.63. The Labute approximate surface area is 214 Å². The number of hydrogen-bond donors (Lipinski definition) is 1. The Hall–Kier alpha value is -4.11. The summed E-state index contributed by atoms with van der Waals surface area (Å²) in [6, 6.07) is 23.6. The first-order valence-electron chi connectivity index (χ1n) is 12.6. The van der Waals surface area contributed by atoms with Crippen LogP contribution in [0, 0.1) is 5.82 Å². The highest BCUT2D eigenvalue weighted by atomic mass is 19.1. The van der Waals surface area contributed by atoms with Crippen LogP contribution in [0.25, 0.3) is 22.4 Å². The zero-order valence-corrected chi connectivity index (χ0v) is 20.8. The topological polar surface area (TPSA) is 76.7 Å². The van der Waals surface area contributed by atoms with E-state index in [-0.39, 0.29) is 5.82 Å². The maximum Gasteiger partial charge on any atom is 0.204 e. The van der Waals surface area contributed by atoms with Crippen molar-refractivity contribution in [2.75, 3.05) is 18.4 Å². The molecule has 2 aromatic heterocycles. The monoisotopic (exact) mass is 496 g/mol. The first kappa shape index (κ1) is 23.3. The second kappa shape index (κ2) is 10.1. The number of anilines is 1. The predicted molar refractivity (Wildman–Crippen MR) is 141 cm³/mol. The van der Waals surface area contributed by atoms with Gasteiger partial charge in [0.1, 0.15) is 5.82 Å². The molecule has 0 amide bonds. The summed E-state index contributed by atoms with van der Waals surface area (Å²) in [4.78, 5) is 8.86. The molecule has 1 saturated heterocycles. The minimum Gasteiger partial charge on any atom is -0.353 e. The molecule has 0 aliphatic carbocycles. The van der Waals surface area contributed by atoms with Gasteiger partial charge in [-0.05, 0) is 53.4 Å². The molecule has 1 aliphatic heterocycles. The summed E-state index contributed by atoms with van der Waals surface area (Å²) in [6.45, 7) is 3.60. The van der Waals surface area contributed by atoms with Crippen molar-refractivity contribution in [3.8, 4) is 11.4 Å². The van der Waals surface area contributed by atoms with Crippen molar-refractivity contribution in [3.05, 3.63) is 89.7 Å². The fraction of sp³-hybridized carbons (Fsp3) is 0.286. The fourth-order valence-corrected chi connectivity index (χ4v) is 4.95. The number of piperidine rings is 1. The van der Waals surface area contributed by atoms with Gasteiger partial charge in [-0.1, -0.05) is 48.5 Å². The number of aryl methyl sites for hydroxylation is 1. The summed E-state index contributed by atoms with van der Waals surface area (Å²) in [5, 5.41) is 16.0. The molecule has 5 aromatic rings. The minimum atomic E-state index is -0.220. The minimum absolute atomic E-state index is 0.220. The number of rotatable bonds is 7. The molecule has 0 spiro atoms. The SMILES string of the molecule is Cn1nnc(-c2ccc(CN3CCC(Nc4nc5ccccc5n4Cc4ccc(F)cc4)CC3)cc2)n1. The third-order valence-electron chi connectivity index (χ3n) is 6.96. The van der Waals surface area contributed by atoms with Crippen LogP contribution < -0.4 is 5.32 Å². The first-order chi connectivity index (χ1) is 18.1. The van der Waals surface area contributed by atoms with Crippen molar-refractivity contribution in [1.82, 2.24) is 34.7 Å². The average molecular weight is 497 g/mol. The number of tetrazole rings is 1. The van der Waals surface area contributed by atoms with Gasteiger partial charge in [0.25, 0.3) is 0 Å². The zero-order chi connectivity index (χ0) is 25.2. The molecule has 1 aliphatic rings. The molecule has 1 N–H and O–H groups in total. The van der Waals surface area contributed by atoms with Gasteiger partial charge in [0.15, 0.2) is 0 Å². The fourth-order valence-electron chi connectivity index (χ4n) is 4.95. The number of benzene rings is 3. The average Bonchev–Trinajstić information content (AvgIpc) is 3.50. The lowest BCUT2D eigenvalue weighted by Gasteiger charge is -2.32. The van der Waals surface area contributed by atoms with Gasteiger partial charge in [-0.3, -0.25) is 4.90 Å². The highest BCUT2D eigenvalue weighted by Gasteiger charge is 2.22. The lowest BCUT2D eigenvalue weighted by atomic mass is 10.0. The molecule has 3 aromatic carbocycles. The number of likely N-dealkylation sites (tertiary alicyclic amines) is 1. The van der Waals surface area contributed by atoms with E-state index < -0.39 is 0 Å². The second-order valence-electron chi connectivity index (χ2n) is 9.63. The number of nitrogens with one attached hydrogen (secondary N) is 1. The summed E-state index contributed by atoms with van der Waals surface area (Å²) in [5.41, 5.74) is 5.34. The Morgan fingerprint density at radius 1 is 0.892 bits per heavy atom. The molecule has 3 heterocycles. The van der Waals surface area contributed by atoms with E-state index >= 15 is 0 Å². The van der Waals surface area contributed by atoms with Gasteiger partial charge in [-0.2, -0.15) is 4.80 Å². The Morgan fingerprint density at radius 3 is 2.32 bits per heavy atom. The van der Waals surface area contributed by atoms with Crippen molar-refractivity contribution < 1.29 is 4.39 Å². The van der Waals surface area contributed by atoms with Gasteiger partial charge in [-0.15, -0.1) is 10.2 Å². The summed E-state index contributed by atoms with van der Waals surface area (Å²) < 4.78 is 15.6. The van der Waals surface area contributed by atoms with Crippen LogP contribution in [-0.4, -0.2) is 53.8 Å². The quantitative estimate of drug-likeness (QED) is 0.358. The van der Waals surface area contributed by atoms with Crippen molar-refractivity contribution in [2.45, 2.75) is 32.0 Å². The molecule has 8 nitrogen and oxygen atoms in total. The van der Waals surface area contributed by atoms with E-state index in [0.29, 0.717) is 18.4 Å². The smallest absolute Gasteiger partial charge is 0.204 e. The van der Waals surface area contributed by atoms with Gasteiger partial charge in [-0.25, -0.2) is 9.37 Å². The van der Waals surface area contributed by atoms with E-state index in [9.17, 15) is 4.39 Å². The Kier molecular flexibility index (Phi) is 6.36. The molecule has 188 valence electrons. The molecule has 9 heteroatoms. The van der Waals surface area contributed by atoms with E-state index in [0.717, 1.165) is 60.6 Å². The molecule has 1 fully saturated rings. The predicted octanol–water partition coefficient (Wildman–Crippen LogP) is 4.49. The van der Waals surface area contributed by atoms with Crippen LogP contribution in [0.5, 0.6) is 0 Å². The van der Waals surface area contributed by atoms with Crippen LogP contribution >= 0.6 is 0 Å². The molecule has 0 saturated carbocycles. The number of hydrogen-bond acceptors (Lipinski definition) is 6. The standard InChI is InChI=1S/C28H29FN8/c1-35-33-27(32-34-35)22-10-6-20(7-11-22)18-36-16-14-24(15-17-36)30-28-31-25-4-2-3-5-26(25)37(28)19-21-8-12-23(29)13-9-21/h2-13,24H,14-19H2,1H3,(H,30,31). The summed E-state index contributed by atoms with van der Waals surface area (Å²) in [6.07, 6.45) is 2.09. The lowest BCUT2D eigenvalue weighted by molar-refractivity contribution is 0.211. The Balaban J connectivity index is 1.09. The third kappa shape index (κ3) is 5.22. The highest BCUT2D eigenvalue weighted by Crippen LogP contribution is 2.25. The van der Waals surface area contributed by atoms with Crippen LogP contribution in [0.1, 0.15) is 24.0 Å². The van der Waals surface area contributed by atoms with E-state index in [2.05, 4.69) is 60.5 Å². The van der Waals surface area contributed by atoms with Crippen molar-refractivity contribution in [1.29, 1.82) is 0 Å². The normalized spacial score (nSPS) is 14.9. The van der Waals surface area contributed by atoms with Crippen molar-refractivity contribution >= 4 is 17.0 Å². The third-order valence-corrected chi connectivity index (χ3v) is 6.96. The summed E-state index contributed by atoms with van der Waals surface area (Å²) in [7, 11) is 1.77. The van der Waals surface area contributed by atoms with Crippen LogP contribution in [0.4, 0.5) is 10.3 Å². The molecular formula is C28H29FN8. The van der Waals surface area contributed by atoms with E-state index in [1.807, 2.05) is 30.3 Å². The molecule has 0 bridgehead atoms. The molecule has 0 unspecified atom stereocenters. The first-order valence-corrected chi connectivity index (χ1v) is 12.6. The molecule has 6 rings (SSSR count). The van der Waals surface area contributed by atoms with E-state index in [4.69, 9.17) is 4.98 Å². The largest absolute Gasteiger partial charge is 0.353 e. The summed E-state index contributed by atoms with van der Waals surface area (Å²) >= 11 is 0. The van der Waals surface area contributed by atoms with Gasteiger partial charge in [0.05, 0.1) is 24.6 Å². The number of halogens is 1. The Morgan fingerprint density at radius 2 is 1.59 bits per heavy atom. The van der Waals surface area contributed by atoms with E-state index in [1.165, 1.54) is 22.5 Å². The number of imidazole rings is 1. The summed E-state index contributed by atoms with van der Waals surface area (Å²) in [5.74, 6) is 1.30. The van der Waals surface area contributed by atoms with Gasteiger partial charge in [0, 0.05) is 31.2 Å². The number of para-hydroxylation sites is 2. The molecule has 0 radical (unpaired) electrons. The molecular weight excluding hydrogens is 467 g/mol. The number of fused-ring (bicyclic) bond motifs is 1. The maximum atomic E-state index is 13.4. The number of aromatic nitrogens is 6. The number of nitrogens with zero attached hydrogens (tertiary/aromatic N) is 7. The van der Waals surface area contributed by atoms with Gasteiger partial charge >= 0.3 is 0 Å². The van der Waals surface area contributed by atoms with Gasteiger partial charge < -0.3 is 9.88 Å².